The van der Waals surface area contributed by atoms with Crippen LogP contribution in [0.3, 0.4) is 0 Å². The van der Waals surface area contributed by atoms with Gasteiger partial charge < -0.3 is 11.1 Å². The highest BCUT2D eigenvalue weighted by molar-refractivity contribution is 8.00. The zero-order chi connectivity index (χ0) is 19.2. The van der Waals surface area contributed by atoms with Crippen LogP contribution in [-0.4, -0.2) is 33.2 Å². The van der Waals surface area contributed by atoms with Gasteiger partial charge in [0.2, 0.25) is 15.9 Å². The molecule has 0 atom stereocenters. The summed E-state index contributed by atoms with van der Waals surface area (Å²) in [6.45, 7) is 4.38. The van der Waals surface area contributed by atoms with E-state index in [0.717, 1.165) is 16.0 Å². The Labute approximate surface area is 170 Å². The molecule has 2 aromatic carbocycles. The first-order valence-corrected chi connectivity index (χ1v) is 10.6. The summed E-state index contributed by atoms with van der Waals surface area (Å²) in [5.74, 6) is 0.0487. The van der Waals surface area contributed by atoms with Crippen LogP contribution >= 0.6 is 24.2 Å². The summed E-state index contributed by atoms with van der Waals surface area (Å²) >= 11 is 1.45. The second-order valence-electron chi connectivity index (χ2n) is 5.82. The highest BCUT2D eigenvalue weighted by atomic mass is 35.5. The monoisotopic (exact) mass is 429 g/mol. The molecule has 1 amide bonds. The van der Waals surface area contributed by atoms with Crippen molar-refractivity contribution in [3.05, 3.63) is 53.6 Å². The number of sulfonamides is 1. The van der Waals surface area contributed by atoms with Crippen LogP contribution in [0.15, 0.2) is 52.3 Å². The largest absolute Gasteiger partial charge is 0.329 e. The second-order valence-corrected chi connectivity index (χ2v) is 8.60. The smallest absolute Gasteiger partial charge is 0.240 e. The lowest BCUT2D eigenvalue weighted by Gasteiger charge is -2.10. The quantitative estimate of drug-likeness (QED) is 0.560. The van der Waals surface area contributed by atoms with Crippen molar-refractivity contribution >= 4 is 45.8 Å². The van der Waals surface area contributed by atoms with Crippen LogP contribution in [0.25, 0.3) is 0 Å². The maximum Gasteiger partial charge on any atom is 0.240 e. The van der Waals surface area contributed by atoms with E-state index in [2.05, 4.69) is 10.0 Å². The molecule has 0 saturated carbocycles. The van der Waals surface area contributed by atoms with Gasteiger partial charge >= 0.3 is 0 Å². The summed E-state index contributed by atoms with van der Waals surface area (Å²) in [6, 6.07) is 12.2. The molecule has 9 heteroatoms. The van der Waals surface area contributed by atoms with Crippen molar-refractivity contribution < 1.29 is 13.2 Å². The van der Waals surface area contributed by atoms with Crippen molar-refractivity contribution in [3.8, 4) is 0 Å². The number of carbonyl (C=O) groups excluding carboxylic acids is 1. The first-order valence-electron chi connectivity index (χ1n) is 8.11. The summed E-state index contributed by atoms with van der Waals surface area (Å²) in [4.78, 5) is 13.3. The van der Waals surface area contributed by atoms with E-state index in [0.29, 0.717) is 5.69 Å². The number of rotatable bonds is 8. The van der Waals surface area contributed by atoms with Crippen LogP contribution in [0.1, 0.15) is 11.1 Å². The molecule has 0 heterocycles. The third kappa shape index (κ3) is 7.15. The van der Waals surface area contributed by atoms with Gasteiger partial charge in [0, 0.05) is 23.7 Å². The Balaban J connectivity index is 0.00000364. The molecule has 6 nitrogen and oxygen atoms in total. The van der Waals surface area contributed by atoms with Crippen molar-refractivity contribution in [2.75, 3.05) is 24.2 Å². The molecule has 2 rings (SSSR count). The number of halogens is 1. The van der Waals surface area contributed by atoms with Crippen LogP contribution in [0.2, 0.25) is 0 Å². The van der Waals surface area contributed by atoms with Gasteiger partial charge in [0.05, 0.1) is 10.6 Å². The van der Waals surface area contributed by atoms with Crippen LogP contribution in [0.4, 0.5) is 5.69 Å². The number of amides is 1. The highest BCUT2D eigenvalue weighted by Gasteiger charge is 2.14. The number of nitrogens with two attached hydrogens (primary N) is 1. The highest BCUT2D eigenvalue weighted by Crippen LogP contribution is 2.24. The minimum atomic E-state index is -3.63. The van der Waals surface area contributed by atoms with Gasteiger partial charge in [-0.3, -0.25) is 4.79 Å². The Morgan fingerprint density at radius 2 is 1.89 bits per heavy atom. The zero-order valence-corrected chi connectivity index (χ0v) is 17.6. The van der Waals surface area contributed by atoms with E-state index in [4.69, 9.17) is 5.73 Å². The minimum Gasteiger partial charge on any atom is -0.329 e. The number of anilines is 1. The van der Waals surface area contributed by atoms with Gasteiger partial charge in [-0.1, -0.05) is 23.8 Å². The molecule has 2 aromatic rings. The molecule has 0 radical (unpaired) electrons. The number of thioether (sulfide) groups is 1. The Morgan fingerprint density at radius 3 is 2.59 bits per heavy atom. The maximum atomic E-state index is 12.2. The minimum absolute atomic E-state index is 0. The fraction of sp³-hybridized carbons (Fsp3) is 0.278. The van der Waals surface area contributed by atoms with Crippen molar-refractivity contribution in [2.45, 2.75) is 23.6 Å². The maximum absolute atomic E-state index is 12.2. The van der Waals surface area contributed by atoms with Gasteiger partial charge in [-0.15, -0.1) is 24.2 Å². The molecule has 0 spiro atoms. The lowest BCUT2D eigenvalue weighted by molar-refractivity contribution is -0.113. The molecule has 0 aromatic heterocycles. The topological polar surface area (TPSA) is 101 Å². The lowest BCUT2D eigenvalue weighted by atomic mass is 10.2. The van der Waals surface area contributed by atoms with E-state index in [-0.39, 0.29) is 42.1 Å². The third-order valence-corrected chi connectivity index (χ3v) is 6.18. The number of hydrogen-bond acceptors (Lipinski definition) is 5. The molecule has 0 fully saturated rings. The fourth-order valence-electron chi connectivity index (χ4n) is 2.22. The third-order valence-electron chi connectivity index (χ3n) is 3.57. The number of nitrogens with one attached hydrogen (secondary N) is 2. The first-order chi connectivity index (χ1) is 12.3. The molecule has 148 valence electrons. The van der Waals surface area contributed by atoms with Gasteiger partial charge in [0.15, 0.2) is 0 Å². The summed E-state index contributed by atoms with van der Waals surface area (Å²) < 4.78 is 26.6. The van der Waals surface area contributed by atoms with Crippen molar-refractivity contribution in [3.63, 3.8) is 0 Å². The predicted octanol–water partition coefficient (Wildman–Crippen LogP) is 2.69. The Hall–Kier alpha value is -1.58. The van der Waals surface area contributed by atoms with Crippen LogP contribution in [0.5, 0.6) is 0 Å². The SMILES string of the molecule is Cc1ccc(C)c(SCC(=O)Nc2cccc(S(=O)(=O)NCCN)c2)c1.Cl. The second kappa shape index (κ2) is 10.7. The molecular weight excluding hydrogens is 406 g/mol. The molecule has 0 aliphatic carbocycles. The summed E-state index contributed by atoms with van der Waals surface area (Å²) in [7, 11) is -3.63. The summed E-state index contributed by atoms with van der Waals surface area (Å²) in [5, 5.41) is 2.74. The molecule has 0 bridgehead atoms. The Morgan fingerprint density at radius 1 is 1.15 bits per heavy atom. The number of aryl methyl sites for hydroxylation is 2. The average Bonchev–Trinajstić information content (AvgIpc) is 2.61. The molecular formula is C18H24ClN3O3S2. The Bertz CT molecular complexity index is 889. The average molecular weight is 430 g/mol. The molecule has 0 unspecified atom stereocenters. The van der Waals surface area contributed by atoms with E-state index >= 15 is 0 Å². The van der Waals surface area contributed by atoms with E-state index in [9.17, 15) is 13.2 Å². The van der Waals surface area contributed by atoms with Crippen molar-refractivity contribution in [2.24, 2.45) is 5.73 Å². The molecule has 0 aliphatic heterocycles. The van der Waals surface area contributed by atoms with E-state index in [1.54, 1.807) is 12.1 Å². The number of hydrogen-bond donors (Lipinski definition) is 3. The van der Waals surface area contributed by atoms with Crippen LogP contribution < -0.4 is 15.8 Å². The van der Waals surface area contributed by atoms with Gasteiger partial charge in [0.1, 0.15) is 0 Å². The number of benzene rings is 2. The molecule has 4 N–H and O–H groups in total. The fourth-order valence-corrected chi connectivity index (χ4v) is 4.24. The first kappa shape index (κ1) is 23.5. The van der Waals surface area contributed by atoms with Gasteiger partial charge in [-0.05, 0) is 43.7 Å². The van der Waals surface area contributed by atoms with Crippen LogP contribution in [0, 0.1) is 13.8 Å². The van der Waals surface area contributed by atoms with E-state index < -0.39 is 10.0 Å². The summed E-state index contributed by atoms with van der Waals surface area (Å²) in [6.07, 6.45) is 0. The van der Waals surface area contributed by atoms with Crippen molar-refractivity contribution in [1.82, 2.24) is 4.72 Å². The van der Waals surface area contributed by atoms with Crippen LogP contribution in [-0.2, 0) is 14.8 Å². The Kier molecular flexibility index (Phi) is 9.28. The molecule has 27 heavy (non-hydrogen) atoms. The predicted molar refractivity (Wildman–Crippen MR) is 113 cm³/mol. The van der Waals surface area contributed by atoms with Crippen molar-refractivity contribution in [1.29, 1.82) is 0 Å². The normalized spacial score (nSPS) is 10.9. The van der Waals surface area contributed by atoms with Gasteiger partial charge in [0.25, 0.3) is 0 Å². The number of carbonyl (C=O) groups is 1. The zero-order valence-electron chi connectivity index (χ0n) is 15.2. The van der Waals surface area contributed by atoms with Gasteiger partial charge in [-0.2, -0.15) is 0 Å². The standard InChI is InChI=1S/C18H23N3O3S2.ClH/c1-13-6-7-14(2)17(10-13)25-12-18(22)21-15-4-3-5-16(11-15)26(23,24)20-9-8-19;/h3-7,10-11,20H,8-9,12,19H2,1-2H3,(H,21,22);1H. The molecule has 0 aliphatic rings. The summed E-state index contributed by atoms with van der Waals surface area (Å²) in [5.41, 5.74) is 8.02. The lowest BCUT2D eigenvalue weighted by Crippen LogP contribution is -2.29. The van der Waals surface area contributed by atoms with E-state index in [1.807, 2.05) is 32.0 Å². The van der Waals surface area contributed by atoms with E-state index in [1.165, 1.54) is 23.9 Å². The van der Waals surface area contributed by atoms with Gasteiger partial charge in [-0.25, -0.2) is 13.1 Å². The molecule has 0 saturated heterocycles.